The Kier molecular flexibility index (Phi) is 4.29. The van der Waals surface area contributed by atoms with Gasteiger partial charge in [0.25, 0.3) is 0 Å². The minimum Gasteiger partial charge on any atom is -0.459 e. The van der Waals surface area contributed by atoms with Gasteiger partial charge < -0.3 is 15.1 Å². The van der Waals surface area contributed by atoms with Crippen molar-refractivity contribution >= 4 is 11.0 Å². The molecular weight excluding hydrogens is 262 g/mol. The average molecular weight is 287 g/mol. The molecule has 1 aliphatic heterocycles. The van der Waals surface area contributed by atoms with Crippen LogP contribution in [0.15, 0.2) is 34.7 Å². The summed E-state index contributed by atoms with van der Waals surface area (Å²) in [6.45, 7) is 3.12. The van der Waals surface area contributed by atoms with Crippen molar-refractivity contribution in [3.63, 3.8) is 0 Å². The van der Waals surface area contributed by atoms with E-state index in [9.17, 15) is 0 Å². The van der Waals surface area contributed by atoms with Crippen LogP contribution in [0.25, 0.3) is 11.0 Å². The van der Waals surface area contributed by atoms with Crippen molar-refractivity contribution in [2.45, 2.75) is 24.9 Å². The molecule has 0 radical (unpaired) electrons. The van der Waals surface area contributed by atoms with Gasteiger partial charge in [-0.15, -0.1) is 0 Å². The molecule has 4 heteroatoms. The predicted octanol–water partition coefficient (Wildman–Crippen LogP) is 2.46. The average Bonchev–Trinajstić information content (AvgIpc) is 3.05. The first kappa shape index (κ1) is 14.6. The number of para-hydroxylation sites is 1. The van der Waals surface area contributed by atoms with Gasteiger partial charge in [-0.25, -0.2) is 0 Å². The molecule has 21 heavy (non-hydrogen) atoms. The van der Waals surface area contributed by atoms with Crippen molar-refractivity contribution in [2.75, 3.05) is 33.7 Å². The summed E-state index contributed by atoms with van der Waals surface area (Å²) in [7, 11) is 4.27. The van der Waals surface area contributed by atoms with E-state index in [1.165, 1.54) is 12.8 Å². The zero-order valence-corrected chi connectivity index (χ0v) is 13.0. The van der Waals surface area contributed by atoms with E-state index in [2.05, 4.69) is 36.0 Å². The highest BCUT2D eigenvalue weighted by molar-refractivity contribution is 5.77. The molecule has 2 N–H and O–H groups in total. The van der Waals surface area contributed by atoms with Crippen LogP contribution in [0.3, 0.4) is 0 Å². The van der Waals surface area contributed by atoms with Gasteiger partial charge in [0.2, 0.25) is 0 Å². The summed E-state index contributed by atoms with van der Waals surface area (Å²) in [4.78, 5) is 4.77. The van der Waals surface area contributed by atoms with Gasteiger partial charge in [0, 0.05) is 24.5 Å². The van der Waals surface area contributed by atoms with Gasteiger partial charge in [0.1, 0.15) is 11.3 Å². The maximum atomic E-state index is 6.38. The number of likely N-dealkylation sites (tertiary alicyclic amines) is 1. The number of rotatable bonds is 5. The predicted molar refractivity (Wildman–Crippen MR) is 86.3 cm³/mol. The monoisotopic (exact) mass is 287 g/mol. The summed E-state index contributed by atoms with van der Waals surface area (Å²) in [5.74, 6) is 0.895. The van der Waals surface area contributed by atoms with Gasteiger partial charge in [0.05, 0.1) is 6.04 Å². The summed E-state index contributed by atoms with van der Waals surface area (Å²) in [6, 6.07) is 10.7. The van der Waals surface area contributed by atoms with E-state index in [-0.39, 0.29) is 6.04 Å². The molecule has 2 heterocycles. The lowest BCUT2D eigenvalue weighted by Gasteiger charge is -2.28. The molecular formula is C17H25N3O. The third-order valence-electron chi connectivity index (χ3n) is 4.32. The number of furan rings is 1. The topological polar surface area (TPSA) is 45.6 Å². The van der Waals surface area contributed by atoms with Crippen LogP contribution >= 0.6 is 0 Å². The molecule has 0 aliphatic carbocycles. The van der Waals surface area contributed by atoms with Gasteiger partial charge >= 0.3 is 0 Å². The van der Waals surface area contributed by atoms with Gasteiger partial charge in [0.15, 0.2) is 0 Å². The SMILES string of the molecule is CN(C)CC1CCCN1CC(N)c1cc2ccccc2o1. The molecule has 3 rings (SSSR count). The van der Waals surface area contributed by atoms with Crippen LogP contribution in [0.2, 0.25) is 0 Å². The lowest BCUT2D eigenvalue weighted by Crippen LogP contribution is -2.41. The first-order chi connectivity index (χ1) is 10.1. The van der Waals surface area contributed by atoms with E-state index >= 15 is 0 Å². The first-order valence-electron chi connectivity index (χ1n) is 7.76. The zero-order valence-electron chi connectivity index (χ0n) is 13.0. The number of benzene rings is 1. The molecule has 0 spiro atoms. The van der Waals surface area contributed by atoms with E-state index in [1.54, 1.807) is 0 Å². The lowest BCUT2D eigenvalue weighted by atomic mass is 10.1. The molecule has 2 unspecified atom stereocenters. The van der Waals surface area contributed by atoms with Crippen LogP contribution in [0, 0.1) is 0 Å². The Balaban J connectivity index is 1.69. The van der Waals surface area contributed by atoms with Crippen LogP contribution in [0.1, 0.15) is 24.6 Å². The standard InChI is InChI=1S/C17H25N3O/c1-19(2)11-14-7-5-9-20(14)12-15(18)17-10-13-6-3-4-8-16(13)21-17/h3-4,6,8,10,14-15H,5,7,9,11-12,18H2,1-2H3. The number of likely N-dealkylation sites (N-methyl/N-ethyl adjacent to an activating group) is 1. The Labute approximate surface area is 126 Å². The molecule has 4 nitrogen and oxygen atoms in total. The first-order valence-corrected chi connectivity index (χ1v) is 7.76. The molecule has 1 aliphatic rings. The lowest BCUT2D eigenvalue weighted by molar-refractivity contribution is 0.193. The smallest absolute Gasteiger partial charge is 0.134 e. The molecule has 1 fully saturated rings. The van der Waals surface area contributed by atoms with E-state index < -0.39 is 0 Å². The van der Waals surface area contributed by atoms with Gasteiger partial charge in [-0.05, 0) is 45.6 Å². The summed E-state index contributed by atoms with van der Waals surface area (Å²) in [5.41, 5.74) is 7.31. The third kappa shape index (κ3) is 3.28. The maximum absolute atomic E-state index is 6.38. The number of nitrogens with zero attached hydrogens (tertiary/aromatic N) is 2. The Bertz CT molecular complexity index is 559. The molecule has 1 aromatic heterocycles. The largest absolute Gasteiger partial charge is 0.459 e. The summed E-state index contributed by atoms with van der Waals surface area (Å²) >= 11 is 0. The fourth-order valence-electron chi connectivity index (χ4n) is 3.29. The molecule has 1 saturated heterocycles. The second-order valence-corrected chi connectivity index (χ2v) is 6.35. The summed E-state index contributed by atoms with van der Waals surface area (Å²) in [6.07, 6.45) is 2.54. The number of fused-ring (bicyclic) bond motifs is 1. The normalized spacial score (nSPS) is 21.4. The second-order valence-electron chi connectivity index (χ2n) is 6.35. The zero-order chi connectivity index (χ0) is 14.8. The van der Waals surface area contributed by atoms with Crippen molar-refractivity contribution in [1.29, 1.82) is 0 Å². The van der Waals surface area contributed by atoms with Crippen LogP contribution in [0.5, 0.6) is 0 Å². The Morgan fingerprint density at radius 2 is 2.19 bits per heavy atom. The summed E-state index contributed by atoms with van der Waals surface area (Å²) in [5, 5.41) is 1.13. The quantitative estimate of drug-likeness (QED) is 0.917. The van der Waals surface area contributed by atoms with Crippen LogP contribution in [-0.2, 0) is 0 Å². The molecule has 114 valence electrons. The fraction of sp³-hybridized carbons (Fsp3) is 0.529. The highest BCUT2D eigenvalue weighted by atomic mass is 16.3. The maximum Gasteiger partial charge on any atom is 0.134 e. The molecule has 2 atom stereocenters. The van der Waals surface area contributed by atoms with Gasteiger partial charge in [-0.2, -0.15) is 0 Å². The highest BCUT2D eigenvalue weighted by Gasteiger charge is 2.27. The minimum atomic E-state index is -0.0554. The van der Waals surface area contributed by atoms with Crippen molar-refractivity contribution in [2.24, 2.45) is 5.73 Å². The van der Waals surface area contributed by atoms with E-state index in [0.717, 1.165) is 36.4 Å². The van der Waals surface area contributed by atoms with E-state index in [1.807, 2.05) is 18.2 Å². The van der Waals surface area contributed by atoms with Crippen LogP contribution in [0.4, 0.5) is 0 Å². The Morgan fingerprint density at radius 1 is 1.38 bits per heavy atom. The van der Waals surface area contributed by atoms with Crippen molar-refractivity contribution < 1.29 is 4.42 Å². The van der Waals surface area contributed by atoms with Gasteiger partial charge in [-0.1, -0.05) is 18.2 Å². The molecule has 2 aromatic rings. The Hall–Kier alpha value is -1.36. The molecule has 0 amide bonds. The van der Waals surface area contributed by atoms with E-state index in [0.29, 0.717) is 6.04 Å². The number of hydrogen-bond donors (Lipinski definition) is 1. The molecule has 1 aromatic carbocycles. The molecule has 0 saturated carbocycles. The third-order valence-corrected chi connectivity index (χ3v) is 4.32. The van der Waals surface area contributed by atoms with Crippen molar-refractivity contribution in [3.8, 4) is 0 Å². The number of nitrogens with two attached hydrogens (primary N) is 1. The van der Waals surface area contributed by atoms with E-state index in [4.69, 9.17) is 10.2 Å². The minimum absolute atomic E-state index is 0.0554. The summed E-state index contributed by atoms with van der Waals surface area (Å²) < 4.78 is 5.89. The van der Waals surface area contributed by atoms with Crippen LogP contribution in [-0.4, -0.2) is 49.6 Å². The van der Waals surface area contributed by atoms with Crippen molar-refractivity contribution in [1.82, 2.24) is 9.80 Å². The van der Waals surface area contributed by atoms with Crippen LogP contribution < -0.4 is 5.73 Å². The van der Waals surface area contributed by atoms with Gasteiger partial charge in [-0.3, -0.25) is 4.90 Å². The number of hydrogen-bond acceptors (Lipinski definition) is 4. The second kappa shape index (κ2) is 6.18. The highest BCUT2D eigenvalue weighted by Crippen LogP contribution is 2.25. The van der Waals surface area contributed by atoms with Crippen molar-refractivity contribution in [3.05, 3.63) is 36.1 Å². The Morgan fingerprint density at radius 3 is 2.95 bits per heavy atom. The fourth-order valence-corrected chi connectivity index (χ4v) is 3.29. The molecule has 0 bridgehead atoms.